The first-order valence-corrected chi connectivity index (χ1v) is 8.36. The van der Waals surface area contributed by atoms with E-state index in [1.54, 1.807) is 21.3 Å². The second-order valence-electron chi connectivity index (χ2n) is 4.32. The van der Waals surface area contributed by atoms with Crippen LogP contribution in [0.25, 0.3) is 0 Å². The van der Waals surface area contributed by atoms with Gasteiger partial charge in [0.25, 0.3) is 0 Å². The summed E-state index contributed by atoms with van der Waals surface area (Å²) >= 11 is 0. The van der Waals surface area contributed by atoms with E-state index in [0.717, 1.165) is 25.3 Å². The quantitative estimate of drug-likeness (QED) is 0.678. The van der Waals surface area contributed by atoms with E-state index in [0.29, 0.717) is 0 Å². The number of benzene rings is 1. The van der Waals surface area contributed by atoms with E-state index < -0.39 is 8.80 Å². The first kappa shape index (κ1) is 15.4. The van der Waals surface area contributed by atoms with Crippen molar-refractivity contribution in [3.05, 3.63) is 35.4 Å². The summed E-state index contributed by atoms with van der Waals surface area (Å²) < 4.78 is 16.2. The molecule has 0 N–H and O–H groups in total. The molecule has 0 aromatic heterocycles. The number of hydrogen-bond acceptors (Lipinski definition) is 3. The predicted octanol–water partition coefficient (Wildman–Crippen LogP) is 3.06. The fourth-order valence-corrected chi connectivity index (χ4v) is 3.73. The van der Waals surface area contributed by atoms with Gasteiger partial charge in [-0.1, -0.05) is 31.2 Å². The van der Waals surface area contributed by atoms with E-state index in [-0.39, 0.29) is 0 Å². The molecule has 1 aromatic carbocycles. The van der Waals surface area contributed by atoms with Gasteiger partial charge in [0, 0.05) is 27.4 Å². The third-order valence-electron chi connectivity index (χ3n) is 3.31. The van der Waals surface area contributed by atoms with Crippen molar-refractivity contribution in [3.8, 4) is 0 Å². The third kappa shape index (κ3) is 4.21. The van der Waals surface area contributed by atoms with Crippen LogP contribution >= 0.6 is 0 Å². The molecule has 4 heteroatoms. The van der Waals surface area contributed by atoms with Gasteiger partial charge in [-0.25, -0.2) is 0 Å². The molecule has 0 atom stereocenters. The van der Waals surface area contributed by atoms with Crippen LogP contribution < -0.4 is 0 Å². The molecule has 0 spiro atoms. The minimum absolute atomic E-state index is 0.853. The molecule has 0 aliphatic rings. The van der Waals surface area contributed by atoms with Crippen molar-refractivity contribution in [2.45, 2.75) is 32.2 Å². The summed E-state index contributed by atoms with van der Waals surface area (Å²) in [6.07, 6.45) is 3.15. The van der Waals surface area contributed by atoms with Crippen LogP contribution in [0.4, 0.5) is 0 Å². The molecule has 0 saturated carbocycles. The van der Waals surface area contributed by atoms with E-state index >= 15 is 0 Å². The van der Waals surface area contributed by atoms with Crippen molar-refractivity contribution in [1.29, 1.82) is 0 Å². The molecule has 0 aliphatic carbocycles. The van der Waals surface area contributed by atoms with Gasteiger partial charge in [0.1, 0.15) is 0 Å². The molecule has 0 fully saturated rings. The summed E-state index contributed by atoms with van der Waals surface area (Å²) in [4.78, 5) is 0. The summed E-state index contributed by atoms with van der Waals surface area (Å²) in [7, 11) is 2.60. The van der Waals surface area contributed by atoms with Crippen LogP contribution in [-0.4, -0.2) is 30.1 Å². The lowest BCUT2D eigenvalue weighted by Gasteiger charge is -2.24. The second-order valence-corrected chi connectivity index (χ2v) is 7.41. The van der Waals surface area contributed by atoms with Crippen molar-refractivity contribution in [2.24, 2.45) is 0 Å². The van der Waals surface area contributed by atoms with Crippen LogP contribution in [0, 0.1) is 0 Å². The Morgan fingerprint density at radius 1 is 0.889 bits per heavy atom. The van der Waals surface area contributed by atoms with Crippen molar-refractivity contribution >= 4 is 8.80 Å². The molecule has 0 unspecified atom stereocenters. The maximum absolute atomic E-state index is 5.41. The SMILES string of the molecule is CCc1ccc(CCC[Si](OC)(OC)OC)cc1. The van der Waals surface area contributed by atoms with E-state index in [4.69, 9.17) is 13.3 Å². The molecule has 0 radical (unpaired) electrons. The standard InChI is InChI=1S/C14H24O3Si/c1-5-13-8-10-14(11-9-13)7-6-12-18(15-2,16-3)17-4/h8-11H,5-7,12H2,1-4H3. The molecule has 18 heavy (non-hydrogen) atoms. The van der Waals surface area contributed by atoms with Crippen LogP contribution in [0.5, 0.6) is 0 Å². The molecule has 0 amide bonds. The lowest BCUT2D eigenvalue weighted by molar-refractivity contribution is 0.123. The lowest BCUT2D eigenvalue weighted by atomic mass is 10.1. The van der Waals surface area contributed by atoms with Gasteiger partial charge in [-0.3, -0.25) is 0 Å². The van der Waals surface area contributed by atoms with Gasteiger partial charge in [-0.05, 0) is 30.4 Å². The Bertz CT molecular complexity index is 325. The van der Waals surface area contributed by atoms with E-state index in [1.807, 2.05) is 0 Å². The summed E-state index contributed by atoms with van der Waals surface area (Å²) in [5.41, 5.74) is 2.74. The maximum Gasteiger partial charge on any atom is 0.500 e. The zero-order valence-electron chi connectivity index (χ0n) is 11.9. The summed E-state index contributed by atoms with van der Waals surface area (Å²) in [5, 5.41) is 0. The van der Waals surface area contributed by atoms with Gasteiger partial charge in [0.2, 0.25) is 0 Å². The fraction of sp³-hybridized carbons (Fsp3) is 0.571. The Morgan fingerprint density at radius 2 is 1.39 bits per heavy atom. The highest BCUT2D eigenvalue weighted by Gasteiger charge is 2.36. The van der Waals surface area contributed by atoms with Crippen molar-refractivity contribution in [3.63, 3.8) is 0 Å². The molecule has 0 aliphatic heterocycles. The van der Waals surface area contributed by atoms with E-state index in [2.05, 4.69) is 31.2 Å². The zero-order valence-corrected chi connectivity index (χ0v) is 12.9. The highest BCUT2D eigenvalue weighted by atomic mass is 28.4. The van der Waals surface area contributed by atoms with Crippen molar-refractivity contribution < 1.29 is 13.3 Å². The van der Waals surface area contributed by atoms with Gasteiger partial charge in [-0.15, -0.1) is 0 Å². The highest BCUT2D eigenvalue weighted by Crippen LogP contribution is 2.17. The predicted molar refractivity (Wildman–Crippen MR) is 75.7 cm³/mol. The molecule has 1 rings (SSSR count). The summed E-state index contributed by atoms with van der Waals surface area (Å²) in [5.74, 6) is 0. The highest BCUT2D eigenvalue weighted by molar-refractivity contribution is 6.60. The second kappa shape index (κ2) is 7.69. The fourth-order valence-electron chi connectivity index (χ4n) is 2.01. The average molecular weight is 268 g/mol. The molecule has 0 saturated heterocycles. The first-order chi connectivity index (χ1) is 8.69. The molecule has 1 aromatic rings. The summed E-state index contributed by atoms with van der Waals surface area (Å²) in [6, 6.07) is 9.65. The van der Waals surface area contributed by atoms with Gasteiger partial charge in [0.15, 0.2) is 0 Å². The largest absolute Gasteiger partial charge is 0.500 e. The molecular weight excluding hydrogens is 244 g/mol. The Balaban J connectivity index is 2.44. The minimum atomic E-state index is -2.39. The average Bonchev–Trinajstić information content (AvgIpc) is 2.45. The van der Waals surface area contributed by atoms with Crippen LogP contribution in [0.1, 0.15) is 24.5 Å². The van der Waals surface area contributed by atoms with Gasteiger partial charge < -0.3 is 13.3 Å². The normalized spacial score (nSPS) is 11.8. The van der Waals surface area contributed by atoms with Gasteiger partial charge in [0.05, 0.1) is 0 Å². The summed E-state index contributed by atoms with van der Waals surface area (Å²) in [6.45, 7) is 2.17. The number of hydrogen-bond donors (Lipinski definition) is 0. The van der Waals surface area contributed by atoms with Crippen LogP contribution in [0.3, 0.4) is 0 Å². The molecule has 3 nitrogen and oxygen atoms in total. The Kier molecular flexibility index (Phi) is 6.57. The third-order valence-corrected chi connectivity index (χ3v) is 6.14. The number of rotatable bonds is 8. The Labute approximate surface area is 111 Å². The van der Waals surface area contributed by atoms with Crippen molar-refractivity contribution in [2.75, 3.05) is 21.3 Å². The molecule has 0 bridgehead atoms. The number of aryl methyl sites for hydroxylation is 2. The minimum Gasteiger partial charge on any atom is -0.377 e. The molecule has 102 valence electrons. The van der Waals surface area contributed by atoms with Crippen LogP contribution in [0.15, 0.2) is 24.3 Å². The molecular formula is C14H24O3Si. The Morgan fingerprint density at radius 3 is 1.83 bits per heavy atom. The smallest absolute Gasteiger partial charge is 0.377 e. The first-order valence-electron chi connectivity index (χ1n) is 6.43. The topological polar surface area (TPSA) is 27.7 Å². The zero-order chi connectivity index (χ0) is 13.4. The van der Waals surface area contributed by atoms with Gasteiger partial charge >= 0.3 is 8.80 Å². The Hall–Kier alpha value is -0.683. The van der Waals surface area contributed by atoms with Crippen molar-refractivity contribution in [1.82, 2.24) is 0 Å². The van der Waals surface area contributed by atoms with Crippen LogP contribution in [0.2, 0.25) is 6.04 Å². The van der Waals surface area contributed by atoms with E-state index in [9.17, 15) is 0 Å². The van der Waals surface area contributed by atoms with Crippen LogP contribution in [-0.2, 0) is 26.1 Å². The maximum atomic E-state index is 5.41. The lowest BCUT2D eigenvalue weighted by Crippen LogP contribution is -2.42. The van der Waals surface area contributed by atoms with Gasteiger partial charge in [-0.2, -0.15) is 0 Å². The van der Waals surface area contributed by atoms with E-state index in [1.165, 1.54) is 11.1 Å². The molecule has 0 heterocycles. The monoisotopic (exact) mass is 268 g/mol.